The van der Waals surface area contributed by atoms with E-state index in [1.165, 1.54) is 6.33 Å². The molecule has 3 aromatic rings. The highest BCUT2D eigenvalue weighted by Crippen LogP contribution is 2.34. The van der Waals surface area contributed by atoms with Crippen LogP contribution in [-0.4, -0.2) is 40.5 Å². The average Bonchev–Trinajstić information content (AvgIpc) is 3.32. The van der Waals surface area contributed by atoms with Gasteiger partial charge in [-0.15, -0.1) is 0 Å². The standard InChI is InChI=1S/C25H23N5O3/c1-17(13-26)25(31)30-12-11-18(14-30)15-32-24-22(23(27)28-16-29-24)19-7-9-21(10-8-19)33-20-5-3-2-4-6-20/h2-10,16,18H,1,11-12,14-15H2,(H2,27,28,29)/t18-/m0/s1. The highest BCUT2D eigenvalue weighted by Gasteiger charge is 2.28. The summed E-state index contributed by atoms with van der Waals surface area (Å²) in [6, 6.07) is 18.8. The lowest BCUT2D eigenvalue weighted by molar-refractivity contribution is -0.125. The highest BCUT2D eigenvalue weighted by atomic mass is 16.5. The minimum Gasteiger partial charge on any atom is -0.477 e. The number of hydrogen-bond acceptors (Lipinski definition) is 7. The van der Waals surface area contributed by atoms with Crippen LogP contribution in [0.2, 0.25) is 0 Å². The second-order valence-electron chi connectivity index (χ2n) is 7.69. The van der Waals surface area contributed by atoms with Gasteiger partial charge in [0.05, 0.1) is 12.2 Å². The Morgan fingerprint density at radius 1 is 1.15 bits per heavy atom. The van der Waals surface area contributed by atoms with Crippen molar-refractivity contribution in [2.75, 3.05) is 25.4 Å². The zero-order chi connectivity index (χ0) is 23.2. The Balaban J connectivity index is 1.44. The summed E-state index contributed by atoms with van der Waals surface area (Å²) in [6.45, 7) is 4.93. The topological polar surface area (TPSA) is 114 Å². The van der Waals surface area contributed by atoms with E-state index in [4.69, 9.17) is 20.5 Å². The fourth-order valence-electron chi connectivity index (χ4n) is 3.67. The van der Waals surface area contributed by atoms with Gasteiger partial charge in [-0.05, 0) is 36.2 Å². The highest BCUT2D eigenvalue weighted by molar-refractivity contribution is 5.96. The molecule has 166 valence electrons. The molecule has 1 aliphatic heterocycles. The molecule has 1 amide bonds. The number of carbonyl (C=O) groups is 1. The van der Waals surface area contributed by atoms with Crippen molar-refractivity contribution in [2.45, 2.75) is 6.42 Å². The molecule has 0 radical (unpaired) electrons. The molecule has 33 heavy (non-hydrogen) atoms. The van der Waals surface area contributed by atoms with Crippen LogP contribution in [-0.2, 0) is 4.79 Å². The number of anilines is 1. The van der Waals surface area contributed by atoms with Crippen LogP contribution in [0.5, 0.6) is 17.4 Å². The van der Waals surface area contributed by atoms with Crippen LogP contribution < -0.4 is 15.2 Å². The molecule has 2 aromatic carbocycles. The number of carbonyl (C=O) groups excluding carboxylic acids is 1. The van der Waals surface area contributed by atoms with Crippen LogP contribution in [0.4, 0.5) is 5.82 Å². The molecule has 1 aliphatic rings. The normalized spacial score (nSPS) is 15.0. The Morgan fingerprint density at radius 3 is 2.61 bits per heavy atom. The maximum absolute atomic E-state index is 12.1. The van der Waals surface area contributed by atoms with Crippen LogP contribution in [0.3, 0.4) is 0 Å². The Bertz CT molecular complexity index is 1190. The van der Waals surface area contributed by atoms with Gasteiger partial charge in [0.2, 0.25) is 5.88 Å². The van der Waals surface area contributed by atoms with E-state index < -0.39 is 0 Å². The summed E-state index contributed by atoms with van der Waals surface area (Å²) in [4.78, 5) is 22.2. The predicted octanol–water partition coefficient (Wildman–Crippen LogP) is 3.83. The van der Waals surface area contributed by atoms with Gasteiger partial charge in [-0.1, -0.05) is 36.9 Å². The maximum Gasteiger partial charge on any atom is 0.263 e. The fraction of sp³-hybridized carbons (Fsp3) is 0.200. The molecule has 4 rings (SSSR count). The van der Waals surface area contributed by atoms with Gasteiger partial charge in [-0.2, -0.15) is 5.26 Å². The Labute approximate surface area is 191 Å². The third-order valence-electron chi connectivity index (χ3n) is 5.39. The number of ether oxygens (including phenoxy) is 2. The van der Waals surface area contributed by atoms with Gasteiger partial charge < -0.3 is 20.1 Å². The van der Waals surface area contributed by atoms with E-state index >= 15 is 0 Å². The molecule has 1 aromatic heterocycles. The lowest BCUT2D eigenvalue weighted by Gasteiger charge is -2.17. The van der Waals surface area contributed by atoms with Crippen molar-refractivity contribution >= 4 is 11.7 Å². The molecule has 2 heterocycles. The molecule has 8 heteroatoms. The summed E-state index contributed by atoms with van der Waals surface area (Å²) in [7, 11) is 0. The van der Waals surface area contributed by atoms with Crippen LogP contribution in [0.15, 0.2) is 73.1 Å². The molecule has 0 saturated carbocycles. The molecule has 1 atom stereocenters. The number of nitrogens with zero attached hydrogens (tertiary/aromatic N) is 4. The minimum absolute atomic E-state index is 0.0536. The molecular formula is C25H23N5O3. The first-order valence-electron chi connectivity index (χ1n) is 10.5. The third kappa shape index (κ3) is 5.10. The van der Waals surface area contributed by atoms with Crippen LogP contribution in [0.25, 0.3) is 11.1 Å². The summed E-state index contributed by atoms with van der Waals surface area (Å²) < 4.78 is 11.9. The molecule has 8 nitrogen and oxygen atoms in total. The van der Waals surface area contributed by atoms with Crippen molar-refractivity contribution in [3.8, 4) is 34.6 Å². The Hall–Kier alpha value is -4.38. The molecule has 0 aliphatic carbocycles. The van der Waals surface area contributed by atoms with Gasteiger partial charge in [0.1, 0.15) is 35.3 Å². The van der Waals surface area contributed by atoms with Crippen molar-refractivity contribution in [1.82, 2.24) is 14.9 Å². The first-order valence-corrected chi connectivity index (χ1v) is 10.5. The van der Waals surface area contributed by atoms with E-state index in [2.05, 4.69) is 16.5 Å². The number of nitrogen functional groups attached to an aromatic ring is 1. The van der Waals surface area contributed by atoms with Crippen molar-refractivity contribution in [1.29, 1.82) is 5.26 Å². The van der Waals surface area contributed by atoms with Gasteiger partial charge >= 0.3 is 0 Å². The minimum atomic E-state index is -0.329. The van der Waals surface area contributed by atoms with Crippen molar-refractivity contribution in [3.63, 3.8) is 0 Å². The van der Waals surface area contributed by atoms with Gasteiger partial charge in [0, 0.05) is 19.0 Å². The zero-order valence-electron chi connectivity index (χ0n) is 18.0. The second-order valence-corrected chi connectivity index (χ2v) is 7.69. The maximum atomic E-state index is 12.1. The molecular weight excluding hydrogens is 418 g/mol. The van der Waals surface area contributed by atoms with E-state index in [1.54, 1.807) is 11.0 Å². The largest absolute Gasteiger partial charge is 0.477 e. The third-order valence-corrected chi connectivity index (χ3v) is 5.39. The summed E-state index contributed by atoms with van der Waals surface area (Å²) in [5.41, 5.74) is 7.51. The second kappa shape index (κ2) is 9.83. The number of nitriles is 1. The van der Waals surface area contributed by atoms with E-state index in [0.717, 1.165) is 17.7 Å². The lowest BCUT2D eigenvalue weighted by Crippen LogP contribution is -2.30. The summed E-state index contributed by atoms with van der Waals surface area (Å²) >= 11 is 0. The van der Waals surface area contributed by atoms with Gasteiger partial charge in [-0.3, -0.25) is 4.79 Å². The van der Waals surface area contributed by atoms with Gasteiger partial charge in [-0.25, -0.2) is 9.97 Å². The van der Waals surface area contributed by atoms with Crippen molar-refractivity contribution in [2.24, 2.45) is 5.92 Å². The number of rotatable bonds is 7. The summed E-state index contributed by atoms with van der Waals surface area (Å²) in [5.74, 6) is 1.92. The van der Waals surface area contributed by atoms with E-state index in [-0.39, 0.29) is 17.4 Å². The van der Waals surface area contributed by atoms with E-state index in [1.807, 2.05) is 54.6 Å². The first kappa shape index (κ1) is 21.8. The van der Waals surface area contributed by atoms with Crippen molar-refractivity contribution < 1.29 is 14.3 Å². The predicted molar refractivity (Wildman–Crippen MR) is 123 cm³/mol. The number of aromatic nitrogens is 2. The molecule has 0 spiro atoms. The number of likely N-dealkylation sites (tertiary alicyclic amines) is 1. The molecule has 2 N–H and O–H groups in total. The quantitative estimate of drug-likeness (QED) is 0.438. The van der Waals surface area contributed by atoms with Crippen LogP contribution in [0, 0.1) is 17.2 Å². The van der Waals surface area contributed by atoms with Crippen molar-refractivity contribution in [3.05, 3.63) is 73.1 Å². The number of nitrogens with two attached hydrogens (primary N) is 1. The zero-order valence-corrected chi connectivity index (χ0v) is 18.0. The van der Waals surface area contributed by atoms with Gasteiger partial charge in [0.25, 0.3) is 5.91 Å². The van der Waals surface area contributed by atoms with E-state index in [0.29, 0.717) is 42.7 Å². The molecule has 1 saturated heterocycles. The number of para-hydroxylation sites is 1. The lowest BCUT2D eigenvalue weighted by atomic mass is 10.1. The summed E-state index contributed by atoms with van der Waals surface area (Å²) in [5, 5.41) is 8.88. The Morgan fingerprint density at radius 2 is 1.88 bits per heavy atom. The Kier molecular flexibility index (Phi) is 6.51. The monoisotopic (exact) mass is 441 g/mol. The van der Waals surface area contributed by atoms with Gasteiger partial charge in [0.15, 0.2) is 0 Å². The van der Waals surface area contributed by atoms with E-state index in [9.17, 15) is 4.79 Å². The number of hydrogen-bond donors (Lipinski definition) is 1. The SMILES string of the molecule is C=C(C#N)C(=O)N1CC[C@H](COc2ncnc(N)c2-c2ccc(Oc3ccccc3)cc2)C1. The average molecular weight is 441 g/mol. The number of benzene rings is 2. The molecule has 1 fully saturated rings. The first-order chi connectivity index (χ1) is 16.0. The smallest absolute Gasteiger partial charge is 0.263 e. The number of amides is 1. The molecule has 0 unspecified atom stereocenters. The molecule has 0 bridgehead atoms. The summed E-state index contributed by atoms with van der Waals surface area (Å²) in [6.07, 6.45) is 2.13. The van der Waals surface area contributed by atoms with Crippen LogP contribution >= 0.6 is 0 Å². The fourth-order valence-corrected chi connectivity index (χ4v) is 3.67. The van der Waals surface area contributed by atoms with Crippen LogP contribution in [0.1, 0.15) is 6.42 Å².